The highest BCUT2D eigenvalue weighted by Gasteiger charge is 2.20. The normalized spacial score (nSPS) is 12.1. The van der Waals surface area contributed by atoms with Gasteiger partial charge < -0.3 is 4.42 Å². The van der Waals surface area contributed by atoms with Crippen LogP contribution in [0.4, 0.5) is 0 Å². The lowest BCUT2D eigenvalue weighted by molar-refractivity contribution is 0.673. The molecule has 1 nitrogen and oxygen atoms in total. The molecule has 54 heavy (non-hydrogen) atoms. The molecule has 0 radical (unpaired) electrons. The lowest BCUT2D eigenvalue weighted by atomic mass is 9.84. The molecule has 0 atom stereocenters. The molecule has 0 unspecified atom stereocenters. The van der Waals surface area contributed by atoms with Gasteiger partial charge in [0.1, 0.15) is 11.2 Å². The van der Waals surface area contributed by atoms with Crippen LogP contribution in [0.1, 0.15) is 0 Å². The van der Waals surface area contributed by atoms with Crippen molar-refractivity contribution in [1.29, 1.82) is 0 Å². The van der Waals surface area contributed by atoms with Crippen LogP contribution >= 0.6 is 11.3 Å². The quantitative estimate of drug-likeness (QED) is 0.167. The summed E-state index contributed by atoms with van der Waals surface area (Å²) < 4.78 is 9.34. The number of fused-ring (bicyclic) bond motifs is 11. The highest BCUT2D eigenvalue weighted by molar-refractivity contribution is 7.25. The summed E-state index contributed by atoms with van der Waals surface area (Å²) >= 11 is 1.85. The van der Waals surface area contributed by atoms with Gasteiger partial charge in [0.25, 0.3) is 0 Å². The molecule has 0 aliphatic heterocycles. The minimum Gasteiger partial charge on any atom is -0.455 e. The van der Waals surface area contributed by atoms with Crippen molar-refractivity contribution < 1.29 is 4.42 Å². The van der Waals surface area contributed by atoms with Crippen molar-refractivity contribution in [2.45, 2.75) is 0 Å². The third-order valence-electron chi connectivity index (χ3n) is 11.4. The number of benzene rings is 10. The first kappa shape index (κ1) is 29.8. The Bertz CT molecular complexity index is 3450. The van der Waals surface area contributed by atoms with E-state index >= 15 is 0 Å². The molecule has 12 rings (SSSR count). The second-order valence-electron chi connectivity index (χ2n) is 14.3. The van der Waals surface area contributed by atoms with Gasteiger partial charge >= 0.3 is 0 Å². The summed E-state index contributed by atoms with van der Waals surface area (Å²) in [6, 6.07) is 66.8. The van der Waals surface area contributed by atoms with Crippen molar-refractivity contribution >= 4 is 96.5 Å². The summed E-state index contributed by atoms with van der Waals surface area (Å²) in [6.45, 7) is 0. The lowest BCUT2D eigenvalue weighted by Crippen LogP contribution is -1.92. The predicted molar refractivity (Wildman–Crippen MR) is 233 cm³/mol. The number of hydrogen-bond donors (Lipinski definition) is 0. The van der Waals surface area contributed by atoms with Gasteiger partial charge in [0.15, 0.2) is 0 Å². The molecule has 0 bridgehead atoms. The zero-order valence-corrected chi connectivity index (χ0v) is 30.0. The third-order valence-corrected chi connectivity index (χ3v) is 12.6. The van der Waals surface area contributed by atoms with Crippen LogP contribution in [0.2, 0.25) is 0 Å². The number of furan rings is 1. The Morgan fingerprint density at radius 3 is 1.69 bits per heavy atom. The highest BCUT2D eigenvalue weighted by atomic mass is 32.1. The van der Waals surface area contributed by atoms with E-state index in [0.29, 0.717) is 0 Å². The zero-order valence-electron chi connectivity index (χ0n) is 29.1. The fraction of sp³-hybridized carbons (Fsp3) is 0. The van der Waals surface area contributed by atoms with Crippen molar-refractivity contribution in [2.24, 2.45) is 0 Å². The van der Waals surface area contributed by atoms with Crippen molar-refractivity contribution in [3.05, 3.63) is 182 Å². The molecular formula is C52H30OS. The number of rotatable bonds is 3. The Balaban J connectivity index is 1.11. The molecule has 0 amide bonds. The van der Waals surface area contributed by atoms with Crippen LogP contribution in [0.3, 0.4) is 0 Å². The van der Waals surface area contributed by atoms with E-state index in [1.165, 1.54) is 91.3 Å². The first-order chi connectivity index (χ1) is 26.8. The minimum atomic E-state index is 0.932. The monoisotopic (exact) mass is 702 g/mol. The zero-order chi connectivity index (χ0) is 35.3. The van der Waals surface area contributed by atoms with E-state index in [9.17, 15) is 0 Å². The first-order valence-corrected chi connectivity index (χ1v) is 19.3. The maximum Gasteiger partial charge on any atom is 0.143 e. The van der Waals surface area contributed by atoms with Crippen molar-refractivity contribution in [3.8, 4) is 33.4 Å². The van der Waals surface area contributed by atoms with Crippen LogP contribution in [0.5, 0.6) is 0 Å². The summed E-state index contributed by atoms with van der Waals surface area (Å²) in [4.78, 5) is 0. The Morgan fingerprint density at radius 1 is 0.315 bits per heavy atom. The van der Waals surface area contributed by atoms with Gasteiger partial charge in [0.05, 0.1) is 0 Å². The maximum absolute atomic E-state index is 6.75. The maximum atomic E-state index is 6.75. The fourth-order valence-corrected chi connectivity index (χ4v) is 10.2. The van der Waals surface area contributed by atoms with Gasteiger partial charge in [-0.1, -0.05) is 152 Å². The van der Waals surface area contributed by atoms with Crippen LogP contribution in [-0.4, -0.2) is 0 Å². The molecule has 12 aromatic rings. The summed E-state index contributed by atoms with van der Waals surface area (Å²) in [5.74, 6) is 0. The van der Waals surface area contributed by atoms with E-state index in [1.807, 2.05) is 11.3 Å². The predicted octanol–water partition coefficient (Wildman–Crippen LogP) is 15.6. The Hall–Kier alpha value is -6.74. The molecule has 2 heteroatoms. The molecule has 2 heterocycles. The molecule has 0 aliphatic rings. The second-order valence-corrected chi connectivity index (χ2v) is 15.4. The molecular weight excluding hydrogens is 673 g/mol. The third kappa shape index (κ3) is 4.26. The standard InChI is InChI=1S/C52H30OS/c1-2-17-34-31(13-1)14-12-25-37(34)51-40-22-6-4-20-38(40)50(39-21-5-7-23-41(39)51)33-16-11-15-32(27-33)43-28-46-44-30-49-45(36-19-9-10-26-48(36)54-49)29-47(44)53-52(46)42-24-8-3-18-35(42)43/h1-30H. The largest absolute Gasteiger partial charge is 0.455 e. The van der Waals surface area contributed by atoms with E-state index < -0.39 is 0 Å². The van der Waals surface area contributed by atoms with Gasteiger partial charge in [0.2, 0.25) is 0 Å². The molecule has 0 fully saturated rings. The first-order valence-electron chi connectivity index (χ1n) is 18.5. The van der Waals surface area contributed by atoms with E-state index in [1.54, 1.807) is 0 Å². The van der Waals surface area contributed by atoms with Crippen LogP contribution in [-0.2, 0) is 0 Å². The SMILES string of the molecule is c1cc(-c2c3ccccc3c(-c3cccc4ccccc34)c3ccccc23)cc(-c2cc3c4cc5sc6ccccc6c5cc4oc3c3ccccc23)c1. The average molecular weight is 703 g/mol. The molecule has 0 aliphatic carbocycles. The van der Waals surface area contributed by atoms with Crippen LogP contribution in [0, 0.1) is 0 Å². The summed E-state index contributed by atoms with van der Waals surface area (Å²) in [7, 11) is 0. The highest BCUT2D eigenvalue weighted by Crippen LogP contribution is 2.47. The van der Waals surface area contributed by atoms with Gasteiger partial charge in [-0.25, -0.2) is 0 Å². The van der Waals surface area contributed by atoms with Crippen molar-refractivity contribution in [3.63, 3.8) is 0 Å². The van der Waals surface area contributed by atoms with Gasteiger partial charge in [-0.3, -0.25) is 0 Å². The van der Waals surface area contributed by atoms with Crippen molar-refractivity contribution in [1.82, 2.24) is 0 Å². The topological polar surface area (TPSA) is 13.1 Å². The Labute approximate surface area is 314 Å². The summed E-state index contributed by atoms with van der Waals surface area (Å²) in [5, 5.41) is 14.7. The van der Waals surface area contributed by atoms with Crippen LogP contribution in [0.15, 0.2) is 186 Å². The lowest BCUT2D eigenvalue weighted by Gasteiger charge is -2.19. The van der Waals surface area contributed by atoms with E-state index in [0.717, 1.165) is 27.3 Å². The van der Waals surface area contributed by atoms with Gasteiger partial charge in [0, 0.05) is 36.3 Å². The molecule has 0 saturated carbocycles. The molecule has 2 aromatic heterocycles. The second kappa shape index (κ2) is 11.4. The molecule has 10 aromatic carbocycles. The van der Waals surface area contributed by atoms with Gasteiger partial charge in [-0.15, -0.1) is 11.3 Å². The van der Waals surface area contributed by atoms with E-state index in [2.05, 4.69) is 182 Å². The number of thiophene rings is 1. The van der Waals surface area contributed by atoms with Gasteiger partial charge in [-0.2, -0.15) is 0 Å². The van der Waals surface area contributed by atoms with Crippen molar-refractivity contribution in [2.75, 3.05) is 0 Å². The van der Waals surface area contributed by atoms with E-state index in [4.69, 9.17) is 4.42 Å². The van der Waals surface area contributed by atoms with Crippen LogP contribution in [0.25, 0.3) is 119 Å². The van der Waals surface area contributed by atoms with Crippen LogP contribution < -0.4 is 0 Å². The summed E-state index contributed by atoms with van der Waals surface area (Å²) in [6.07, 6.45) is 0. The fourth-order valence-electron chi connectivity index (χ4n) is 9.07. The Morgan fingerprint density at radius 2 is 0.907 bits per heavy atom. The minimum absolute atomic E-state index is 0.932. The average Bonchev–Trinajstić information content (AvgIpc) is 3.79. The molecule has 0 N–H and O–H groups in total. The number of hydrogen-bond acceptors (Lipinski definition) is 2. The molecule has 250 valence electrons. The van der Waals surface area contributed by atoms with E-state index in [-0.39, 0.29) is 0 Å². The summed E-state index contributed by atoms with van der Waals surface area (Å²) in [5.41, 5.74) is 9.30. The Kier molecular flexibility index (Phi) is 6.28. The molecule has 0 spiro atoms. The smallest absolute Gasteiger partial charge is 0.143 e. The molecule has 0 saturated heterocycles. The van der Waals surface area contributed by atoms with Gasteiger partial charge in [-0.05, 0) is 101 Å².